The van der Waals surface area contributed by atoms with Crippen molar-refractivity contribution in [3.8, 4) is 0 Å². The maximum atomic E-state index is 11.8. The zero-order chi connectivity index (χ0) is 11.5. The molecular formula is C12H22N2O. The highest BCUT2D eigenvalue weighted by Gasteiger charge is 2.21. The van der Waals surface area contributed by atoms with Crippen LogP contribution in [0.1, 0.15) is 40.5 Å². The van der Waals surface area contributed by atoms with Crippen molar-refractivity contribution in [2.45, 2.75) is 58.2 Å². The van der Waals surface area contributed by atoms with Crippen molar-refractivity contribution in [1.29, 1.82) is 0 Å². The Balaban J connectivity index is 2.33. The van der Waals surface area contributed by atoms with E-state index in [1.165, 1.54) is 0 Å². The molecule has 0 aromatic rings. The van der Waals surface area contributed by atoms with Gasteiger partial charge in [-0.25, -0.2) is 0 Å². The number of carbonyl (C=O) groups excluding carboxylic acids is 1. The van der Waals surface area contributed by atoms with Crippen LogP contribution in [0.3, 0.4) is 0 Å². The lowest BCUT2D eigenvalue weighted by Gasteiger charge is -2.25. The molecule has 0 spiro atoms. The molecule has 1 rings (SSSR count). The predicted molar refractivity (Wildman–Crippen MR) is 62.7 cm³/mol. The van der Waals surface area contributed by atoms with Gasteiger partial charge in [0.15, 0.2) is 0 Å². The molecule has 1 aliphatic carbocycles. The summed E-state index contributed by atoms with van der Waals surface area (Å²) >= 11 is 0. The molecule has 15 heavy (non-hydrogen) atoms. The molecule has 1 unspecified atom stereocenters. The van der Waals surface area contributed by atoms with Crippen molar-refractivity contribution in [2.24, 2.45) is 0 Å². The van der Waals surface area contributed by atoms with Gasteiger partial charge in [0.25, 0.3) is 0 Å². The Morgan fingerprint density at radius 3 is 2.33 bits per heavy atom. The van der Waals surface area contributed by atoms with Crippen LogP contribution in [-0.4, -0.2) is 23.5 Å². The summed E-state index contributed by atoms with van der Waals surface area (Å²) in [5, 5.41) is 6.30. The number of hydrogen-bond acceptors (Lipinski definition) is 2. The Morgan fingerprint density at radius 2 is 1.87 bits per heavy atom. The molecule has 0 radical (unpaired) electrons. The van der Waals surface area contributed by atoms with E-state index in [-0.39, 0.29) is 17.5 Å². The van der Waals surface area contributed by atoms with E-state index in [0.29, 0.717) is 6.04 Å². The third kappa shape index (κ3) is 4.47. The lowest BCUT2D eigenvalue weighted by Crippen LogP contribution is -2.51. The van der Waals surface area contributed by atoms with E-state index >= 15 is 0 Å². The fourth-order valence-electron chi connectivity index (χ4n) is 1.66. The van der Waals surface area contributed by atoms with Crippen molar-refractivity contribution in [1.82, 2.24) is 10.6 Å². The van der Waals surface area contributed by atoms with E-state index in [4.69, 9.17) is 0 Å². The van der Waals surface area contributed by atoms with Crippen molar-refractivity contribution in [3.63, 3.8) is 0 Å². The van der Waals surface area contributed by atoms with Crippen LogP contribution in [0, 0.1) is 0 Å². The molecule has 0 heterocycles. The summed E-state index contributed by atoms with van der Waals surface area (Å²) in [5.74, 6) is 0.0781. The molecule has 86 valence electrons. The first-order chi connectivity index (χ1) is 6.88. The van der Waals surface area contributed by atoms with E-state index in [1.807, 2.05) is 27.7 Å². The first kappa shape index (κ1) is 12.2. The Bertz CT molecular complexity index is 245. The number of carbonyl (C=O) groups is 1. The van der Waals surface area contributed by atoms with Gasteiger partial charge in [-0.2, -0.15) is 0 Å². The topological polar surface area (TPSA) is 41.1 Å². The normalized spacial score (nSPS) is 19.2. The van der Waals surface area contributed by atoms with Crippen LogP contribution in [0.5, 0.6) is 0 Å². The summed E-state index contributed by atoms with van der Waals surface area (Å²) in [4.78, 5) is 11.8. The molecule has 0 aromatic heterocycles. The molecule has 1 aliphatic rings. The molecule has 1 atom stereocenters. The minimum absolute atomic E-state index is 0.0781. The molecule has 0 aromatic carbocycles. The highest BCUT2D eigenvalue weighted by Crippen LogP contribution is 2.10. The van der Waals surface area contributed by atoms with Gasteiger partial charge in [0.1, 0.15) is 0 Å². The number of amides is 1. The van der Waals surface area contributed by atoms with Crippen LogP contribution in [0.15, 0.2) is 12.2 Å². The first-order valence-corrected chi connectivity index (χ1v) is 5.61. The molecule has 0 fully saturated rings. The third-order valence-electron chi connectivity index (χ3n) is 2.39. The summed E-state index contributed by atoms with van der Waals surface area (Å²) in [6.45, 7) is 7.90. The summed E-state index contributed by atoms with van der Waals surface area (Å²) in [6, 6.07) is 0.319. The lowest BCUT2D eigenvalue weighted by atomic mass is 10.1. The van der Waals surface area contributed by atoms with Crippen molar-refractivity contribution < 1.29 is 4.79 Å². The van der Waals surface area contributed by atoms with E-state index < -0.39 is 0 Å². The van der Waals surface area contributed by atoms with Crippen molar-refractivity contribution in [3.05, 3.63) is 12.2 Å². The fourth-order valence-corrected chi connectivity index (χ4v) is 1.66. The predicted octanol–water partition coefficient (Wildman–Crippen LogP) is 1.60. The maximum absolute atomic E-state index is 11.8. The van der Waals surface area contributed by atoms with Gasteiger partial charge in [0, 0.05) is 11.6 Å². The largest absolute Gasteiger partial charge is 0.350 e. The van der Waals surface area contributed by atoms with Gasteiger partial charge in [-0.15, -0.1) is 0 Å². The second-order valence-corrected chi connectivity index (χ2v) is 5.27. The summed E-state index contributed by atoms with van der Waals surface area (Å²) in [5.41, 5.74) is -0.152. The van der Waals surface area contributed by atoms with Crippen LogP contribution >= 0.6 is 0 Å². The second kappa shape index (κ2) is 4.79. The summed E-state index contributed by atoms with van der Waals surface area (Å²) in [7, 11) is 0. The summed E-state index contributed by atoms with van der Waals surface area (Å²) in [6.07, 6.45) is 6.39. The standard InChI is InChI=1S/C12H22N2O/c1-9(11(15)14-12(2,3)4)13-10-7-5-6-8-10/h5-6,9-10,13H,7-8H2,1-4H3,(H,14,15). The average molecular weight is 210 g/mol. The zero-order valence-electron chi connectivity index (χ0n) is 10.1. The minimum atomic E-state index is -0.152. The van der Waals surface area contributed by atoms with Gasteiger partial charge in [0.2, 0.25) is 5.91 Å². The van der Waals surface area contributed by atoms with Crippen molar-refractivity contribution >= 4 is 5.91 Å². The van der Waals surface area contributed by atoms with Crippen LogP contribution in [-0.2, 0) is 4.79 Å². The molecular weight excluding hydrogens is 188 g/mol. The Hall–Kier alpha value is -0.830. The lowest BCUT2D eigenvalue weighted by molar-refractivity contribution is -0.124. The third-order valence-corrected chi connectivity index (χ3v) is 2.39. The van der Waals surface area contributed by atoms with Crippen molar-refractivity contribution in [2.75, 3.05) is 0 Å². The molecule has 0 saturated carbocycles. The Morgan fingerprint density at radius 1 is 1.33 bits per heavy atom. The Labute approximate surface area is 92.3 Å². The highest BCUT2D eigenvalue weighted by molar-refractivity contribution is 5.81. The van der Waals surface area contributed by atoms with Gasteiger partial charge in [-0.1, -0.05) is 12.2 Å². The van der Waals surface area contributed by atoms with Gasteiger partial charge in [-0.05, 0) is 40.5 Å². The van der Waals surface area contributed by atoms with Gasteiger partial charge < -0.3 is 10.6 Å². The number of hydrogen-bond donors (Lipinski definition) is 2. The first-order valence-electron chi connectivity index (χ1n) is 5.61. The molecule has 1 amide bonds. The van der Waals surface area contributed by atoms with Crippen LogP contribution in [0.4, 0.5) is 0 Å². The van der Waals surface area contributed by atoms with Crippen LogP contribution in [0.25, 0.3) is 0 Å². The molecule has 2 N–H and O–H groups in total. The average Bonchev–Trinajstić information content (AvgIpc) is 2.53. The molecule has 0 saturated heterocycles. The van der Waals surface area contributed by atoms with E-state index in [0.717, 1.165) is 12.8 Å². The molecule has 3 nitrogen and oxygen atoms in total. The van der Waals surface area contributed by atoms with Crippen LogP contribution in [0.2, 0.25) is 0 Å². The molecule has 0 aliphatic heterocycles. The minimum Gasteiger partial charge on any atom is -0.350 e. The highest BCUT2D eigenvalue weighted by atomic mass is 16.2. The van der Waals surface area contributed by atoms with Gasteiger partial charge in [-0.3, -0.25) is 4.79 Å². The van der Waals surface area contributed by atoms with Gasteiger partial charge >= 0.3 is 0 Å². The van der Waals surface area contributed by atoms with Crippen LogP contribution < -0.4 is 10.6 Å². The number of rotatable bonds is 3. The zero-order valence-corrected chi connectivity index (χ0v) is 10.1. The maximum Gasteiger partial charge on any atom is 0.237 e. The van der Waals surface area contributed by atoms with E-state index in [1.54, 1.807) is 0 Å². The molecule has 3 heteroatoms. The number of nitrogens with one attached hydrogen (secondary N) is 2. The smallest absolute Gasteiger partial charge is 0.237 e. The second-order valence-electron chi connectivity index (χ2n) is 5.27. The van der Waals surface area contributed by atoms with E-state index in [2.05, 4.69) is 22.8 Å². The Kier molecular flexibility index (Phi) is 3.91. The quantitative estimate of drug-likeness (QED) is 0.695. The van der Waals surface area contributed by atoms with E-state index in [9.17, 15) is 4.79 Å². The SMILES string of the molecule is CC(NC1CC=CC1)C(=O)NC(C)(C)C. The summed E-state index contributed by atoms with van der Waals surface area (Å²) < 4.78 is 0. The molecule has 0 bridgehead atoms. The van der Waals surface area contributed by atoms with Gasteiger partial charge in [0.05, 0.1) is 6.04 Å². The monoisotopic (exact) mass is 210 g/mol. The fraction of sp³-hybridized carbons (Fsp3) is 0.750.